The maximum absolute atomic E-state index is 12.5. The van der Waals surface area contributed by atoms with E-state index in [2.05, 4.69) is 34.9 Å². The van der Waals surface area contributed by atoms with Gasteiger partial charge in [0.15, 0.2) is 0 Å². The van der Waals surface area contributed by atoms with E-state index < -0.39 is 18.1 Å². The van der Waals surface area contributed by atoms with E-state index in [-0.39, 0.29) is 36.8 Å². The van der Waals surface area contributed by atoms with E-state index in [1.165, 1.54) is 29.2 Å². The summed E-state index contributed by atoms with van der Waals surface area (Å²) < 4.78 is 5.60. The number of hydrogen-bond acceptors (Lipinski definition) is 4. The van der Waals surface area contributed by atoms with Gasteiger partial charge < -0.3 is 20.5 Å². The van der Waals surface area contributed by atoms with Crippen molar-refractivity contribution in [2.45, 2.75) is 50.6 Å². The molecule has 0 radical (unpaired) electrons. The summed E-state index contributed by atoms with van der Waals surface area (Å²) in [6.07, 6.45) is 2.08. The summed E-state index contributed by atoms with van der Waals surface area (Å²) in [5.74, 6) is -1.19. The highest BCUT2D eigenvalue weighted by molar-refractivity contribution is 5.83. The van der Waals surface area contributed by atoms with Crippen LogP contribution in [0.25, 0.3) is 11.1 Å². The Balaban J connectivity index is 1.27. The van der Waals surface area contributed by atoms with Crippen LogP contribution in [-0.4, -0.2) is 41.8 Å². The van der Waals surface area contributed by atoms with Gasteiger partial charge in [-0.3, -0.25) is 9.59 Å². The monoisotopic (exact) mass is 436 g/mol. The molecule has 1 fully saturated rings. The first-order valence-corrected chi connectivity index (χ1v) is 11.1. The number of benzene rings is 2. The predicted octanol–water partition coefficient (Wildman–Crippen LogP) is 3.67. The van der Waals surface area contributed by atoms with Crippen LogP contribution in [0.2, 0.25) is 0 Å². The quantitative estimate of drug-likeness (QED) is 0.614. The summed E-state index contributed by atoms with van der Waals surface area (Å²) in [6.45, 7) is 1.71. The number of hydrogen-bond donors (Lipinski definition) is 3. The Labute approximate surface area is 187 Å². The third-order valence-corrected chi connectivity index (χ3v) is 6.43. The molecule has 1 saturated carbocycles. The Kier molecular flexibility index (Phi) is 6.44. The summed E-state index contributed by atoms with van der Waals surface area (Å²) >= 11 is 0. The lowest BCUT2D eigenvalue weighted by Gasteiger charge is -2.17. The Morgan fingerprint density at radius 3 is 2.28 bits per heavy atom. The predicted molar refractivity (Wildman–Crippen MR) is 119 cm³/mol. The van der Waals surface area contributed by atoms with Crippen LogP contribution in [0.15, 0.2) is 48.5 Å². The summed E-state index contributed by atoms with van der Waals surface area (Å²) in [4.78, 5) is 35.3. The zero-order valence-corrected chi connectivity index (χ0v) is 18.0. The lowest BCUT2D eigenvalue weighted by molar-refractivity contribution is -0.141. The Bertz CT molecular complexity index is 975. The summed E-state index contributed by atoms with van der Waals surface area (Å²) in [6, 6.07) is 15.5. The summed E-state index contributed by atoms with van der Waals surface area (Å²) in [5, 5.41) is 14.3. The number of carbonyl (C=O) groups is 3. The van der Waals surface area contributed by atoms with E-state index in [0.29, 0.717) is 6.42 Å². The maximum Gasteiger partial charge on any atom is 0.407 e. The molecule has 2 aliphatic rings. The van der Waals surface area contributed by atoms with Crippen LogP contribution >= 0.6 is 0 Å². The molecule has 32 heavy (non-hydrogen) atoms. The average Bonchev–Trinajstić information content (AvgIpc) is 3.34. The molecule has 0 saturated heterocycles. The number of nitrogens with one attached hydrogen (secondary N) is 2. The number of rotatable bonds is 7. The fourth-order valence-electron chi connectivity index (χ4n) is 4.82. The molecule has 0 aromatic heterocycles. The first kappa shape index (κ1) is 21.9. The van der Waals surface area contributed by atoms with E-state index in [1.807, 2.05) is 24.3 Å². The van der Waals surface area contributed by atoms with Gasteiger partial charge in [-0.1, -0.05) is 48.5 Å². The number of ether oxygens (including phenoxy) is 1. The highest BCUT2D eigenvalue weighted by Gasteiger charge is 2.31. The number of carboxylic acids is 1. The van der Waals surface area contributed by atoms with Crippen molar-refractivity contribution in [2.75, 3.05) is 6.61 Å². The highest BCUT2D eigenvalue weighted by Crippen LogP contribution is 2.44. The molecule has 2 aromatic rings. The van der Waals surface area contributed by atoms with E-state index >= 15 is 0 Å². The minimum Gasteiger partial charge on any atom is -0.480 e. The Morgan fingerprint density at radius 2 is 1.66 bits per heavy atom. The van der Waals surface area contributed by atoms with Gasteiger partial charge in [0.05, 0.1) is 0 Å². The van der Waals surface area contributed by atoms with Crippen molar-refractivity contribution in [3.63, 3.8) is 0 Å². The van der Waals surface area contributed by atoms with Crippen LogP contribution in [-0.2, 0) is 14.3 Å². The number of fused-ring (bicyclic) bond motifs is 3. The van der Waals surface area contributed by atoms with Crippen molar-refractivity contribution in [3.8, 4) is 11.1 Å². The molecule has 0 bridgehead atoms. The molecule has 7 nitrogen and oxygen atoms in total. The summed E-state index contributed by atoms with van der Waals surface area (Å²) in [7, 11) is 0. The van der Waals surface area contributed by atoms with Crippen molar-refractivity contribution >= 4 is 18.0 Å². The molecule has 2 aliphatic carbocycles. The average molecular weight is 437 g/mol. The molecule has 3 atom stereocenters. The molecule has 4 rings (SSSR count). The van der Waals surface area contributed by atoms with Gasteiger partial charge in [-0.2, -0.15) is 0 Å². The third-order valence-electron chi connectivity index (χ3n) is 6.43. The molecular weight excluding hydrogens is 408 g/mol. The minimum absolute atomic E-state index is 0.0180. The van der Waals surface area contributed by atoms with Gasteiger partial charge in [0.1, 0.15) is 12.6 Å². The van der Waals surface area contributed by atoms with Gasteiger partial charge in [0, 0.05) is 18.4 Å². The topological polar surface area (TPSA) is 105 Å². The fraction of sp³-hybridized carbons (Fsp3) is 0.400. The van der Waals surface area contributed by atoms with Gasteiger partial charge >= 0.3 is 12.1 Å². The highest BCUT2D eigenvalue weighted by atomic mass is 16.5. The van der Waals surface area contributed by atoms with Gasteiger partial charge in [0.2, 0.25) is 5.91 Å². The molecule has 0 spiro atoms. The molecule has 3 N–H and O–H groups in total. The van der Waals surface area contributed by atoms with Crippen LogP contribution in [0.1, 0.15) is 49.7 Å². The number of alkyl carbamates (subject to hydrolysis) is 1. The second-order valence-corrected chi connectivity index (χ2v) is 8.68. The molecule has 0 aliphatic heterocycles. The second-order valence-electron chi connectivity index (χ2n) is 8.68. The third kappa shape index (κ3) is 4.77. The number of carbonyl (C=O) groups excluding carboxylic acids is 2. The van der Waals surface area contributed by atoms with Gasteiger partial charge in [-0.15, -0.1) is 0 Å². The molecule has 0 heterocycles. The van der Waals surface area contributed by atoms with Crippen LogP contribution in [0, 0.1) is 5.92 Å². The van der Waals surface area contributed by atoms with Crippen molar-refractivity contribution in [2.24, 2.45) is 5.92 Å². The maximum atomic E-state index is 12.5. The zero-order chi connectivity index (χ0) is 22.7. The lowest BCUT2D eigenvalue weighted by Crippen LogP contribution is -2.39. The van der Waals surface area contributed by atoms with E-state index in [0.717, 1.165) is 12.8 Å². The molecule has 2 amide bonds. The Morgan fingerprint density at radius 1 is 1.03 bits per heavy atom. The standard InChI is InChI=1S/C25H28N2O5/c1-15(24(29)30)26-23(28)13-16-10-11-17(12-16)27-25(31)32-14-22-20-8-4-2-6-18(20)19-7-3-5-9-21(19)22/h2-9,15-17,22H,10-14H2,1H3,(H,26,28)(H,27,31)(H,29,30)/t15-,16+,17-/m0/s1. The van der Waals surface area contributed by atoms with Crippen molar-refractivity contribution in [1.29, 1.82) is 0 Å². The SMILES string of the molecule is C[C@H](NC(=O)C[C@@H]1CC[C@H](NC(=O)OCC2c3ccccc3-c3ccccc32)C1)C(=O)O. The van der Waals surface area contributed by atoms with Crippen molar-refractivity contribution < 1.29 is 24.2 Å². The fourth-order valence-corrected chi connectivity index (χ4v) is 4.82. The molecule has 7 heteroatoms. The number of carboxylic acid groups (broad SMARTS) is 1. The lowest BCUT2D eigenvalue weighted by atomic mass is 9.98. The van der Waals surface area contributed by atoms with Crippen molar-refractivity contribution in [3.05, 3.63) is 59.7 Å². The molecular formula is C25H28N2O5. The van der Waals surface area contributed by atoms with Crippen LogP contribution in [0.3, 0.4) is 0 Å². The first-order valence-electron chi connectivity index (χ1n) is 11.1. The zero-order valence-electron chi connectivity index (χ0n) is 18.0. The molecule has 2 aromatic carbocycles. The van der Waals surface area contributed by atoms with Gasteiger partial charge in [-0.05, 0) is 54.4 Å². The van der Waals surface area contributed by atoms with Crippen LogP contribution < -0.4 is 10.6 Å². The van der Waals surface area contributed by atoms with Crippen LogP contribution in [0.5, 0.6) is 0 Å². The second kappa shape index (κ2) is 9.42. The van der Waals surface area contributed by atoms with Crippen molar-refractivity contribution in [1.82, 2.24) is 10.6 Å². The van der Waals surface area contributed by atoms with Gasteiger partial charge in [-0.25, -0.2) is 4.79 Å². The molecule has 168 valence electrons. The van der Waals surface area contributed by atoms with E-state index in [1.54, 1.807) is 0 Å². The molecule has 0 unspecified atom stereocenters. The smallest absolute Gasteiger partial charge is 0.407 e. The normalized spacial score (nSPS) is 20.2. The van der Waals surface area contributed by atoms with Gasteiger partial charge in [0.25, 0.3) is 0 Å². The summed E-state index contributed by atoms with van der Waals surface area (Å²) in [5.41, 5.74) is 4.71. The number of aliphatic carboxylic acids is 1. The van der Waals surface area contributed by atoms with E-state index in [9.17, 15) is 14.4 Å². The van der Waals surface area contributed by atoms with Crippen LogP contribution in [0.4, 0.5) is 4.79 Å². The minimum atomic E-state index is -1.06. The number of amides is 2. The largest absolute Gasteiger partial charge is 0.480 e. The Hall–Kier alpha value is -3.35. The van der Waals surface area contributed by atoms with E-state index in [4.69, 9.17) is 9.84 Å². The first-order chi connectivity index (χ1) is 15.4.